The summed E-state index contributed by atoms with van der Waals surface area (Å²) in [6.07, 6.45) is 3.80. The summed E-state index contributed by atoms with van der Waals surface area (Å²) < 4.78 is 56.4. The van der Waals surface area contributed by atoms with Crippen LogP contribution in [0.15, 0.2) is 54.9 Å². The highest BCUT2D eigenvalue weighted by molar-refractivity contribution is 5.89. The number of hydrogen-bond acceptors (Lipinski definition) is 4. The Labute approximate surface area is 212 Å². The lowest BCUT2D eigenvalue weighted by Crippen LogP contribution is -2.47. The molecule has 1 saturated carbocycles. The van der Waals surface area contributed by atoms with E-state index in [1.165, 1.54) is 6.07 Å². The van der Waals surface area contributed by atoms with Crippen LogP contribution in [-0.4, -0.2) is 57.2 Å². The Balaban J connectivity index is 1.62. The third kappa shape index (κ3) is 5.16. The van der Waals surface area contributed by atoms with E-state index < -0.39 is 17.6 Å². The number of rotatable bonds is 6. The molecule has 37 heavy (non-hydrogen) atoms. The van der Waals surface area contributed by atoms with E-state index in [1.54, 1.807) is 35.3 Å². The Morgan fingerprint density at radius 3 is 2.51 bits per heavy atom. The first-order valence-electron chi connectivity index (χ1n) is 12.1. The van der Waals surface area contributed by atoms with Gasteiger partial charge in [0.2, 0.25) is 5.91 Å². The summed E-state index contributed by atoms with van der Waals surface area (Å²) in [5, 5.41) is 4.73. The second kappa shape index (κ2) is 9.74. The molecule has 1 atom stereocenters. The second-order valence-electron chi connectivity index (χ2n) is 9.82. The van der Waals surface area contributed by atoms with Crippen molar-refractivity contribution >= 4 is 5.91 Å². The zero-order chi connectivity index (χ0) is 26.3. The van der Waals surface area contributed by atoms with Crippen molar-refractivity contribution in [3.8, 4) is 22.4 Å². The number of halogens is 4. The third-order valence-corrected chi connectivity index (χ3v) is 6.83. The molecule has 3 aromatic rings. The summed E-state index contributed by atoms with van der Waals surface area (Å²) in [6, 6.07) is 6.40. The first-order chi connectivity index (χ1) is 17.6. The molecule has 194 valence electrons. The fourth-order valence-electron chi connectivity index (χ4n) is 4.86. The lowest BCUT2D eigenvalue weighted by atomic mass is 9.96. The fourth-order valence-corrected chi connectivity index (χ4v) is 4.86. The average Bonchev–Trinajstić information content (AvgIpc) is 3.63. The Bertz CT molecular complexity index is 1330. The van der Waals surface area contributed by atoms with Crippen LogP contribution in [0.25, 0.3) is 22.4 Å². The molecule has 1 fully saturated rings. The molecule has 1 aromatic carbocycles. The first kappa shape index (κ1) is 25.1. The van der Waals surface area contributed by atoms with Crippen molar-refractivity contribution in [1.82, 2.24) is 24.6 Å². The Morgan fingerprint density at radius 2 is 1.86 bits per heavy atom. The molecule has 0 bridgehead atoms. The van der Waals surface area contributed by atoms with Gasteiger partial charge in [0.25, 0.3) is 0 Å². The van der Waals surface area contributed by atoms with Gasteiger partial charge in [0, 0.05) is 36.1 Å². The van der Waals surface area contributed by atoms with Gasteiger partial charge >= 0.3 is 6.18 Å². The minimum atomic E-state index is -4.84. The summed E-state index contributed by atoms with van der Waals surface area (Å²) in [5.74, 6) is -1.07. The van der Waals surface area contributed by atoms with Crippen molar-refractivity contribution < 1.29 is 22.4 Å². The van der Waals surface area contributed by atoms with Crippen LogP contribution in [0.3, 0.4) is 0 Å². The number of fused-ring (bicyclic) bond motifs is 1. The van der Waals surface area contributed by atoms with E-state index in [0.717, 1.165) is 30.7 Å². The molecule has 0 spiro atoms. The van der Waals surface area contributed by atoms with E-state index in [4.69, 9.17) is 5.10 Å². The van der Waals surface area contributed by atoms with Gasteiger partial charge in [0.15, 0.2) is 0 Å². The van der Waals surface area contributed by atoms with Crippen LogP contribution in [-0.2, 0) is 24.1 Å². The smallest absolute Gasteiger partial charge is 0.328 e. The quantitative estimate of drug-likeness (QED) is 0.344. The first-order valence-corrected chi connectivity index (χ1v) is 12.1. The lowest BCUT2D eigenvalue weighted by Gasteiger charge is -2.36. The van der Waals surface area contributed by atoms with Crippen LogP contribution >= 0.6 is 0 Å². The average molecular weight is 514 g/mol. The number of hydrogen-bond donors (Lipinski definition) is 0. The van der Waals surface area contributed by atoms with Crippen LogP contribution < -0.4 is 0 Å². The SMILES string of the molecule is CN(C)C/C=C/C(=O)N1Cc2c(-c3ccncc3)c(-c3ccc(F)c(C(F)(F)F)c3)nn2C[C@@H]1C1CC1. The predicted octanol–water partition coefficient (Wildman–Crippen LogP) is 5.01. The van der Waals surface area contributed by atoms with Crippen LogP contribution in [0.1, 0.15) is 24.1 Å². The number of nitrogens with zero attached hydrogens (tertiary/aromatic N) is 5. The van der Waals surface area contributed by atoms with Crippen molar-refractivity contribution in [3.63, 3.8) is 0 Å². The monoisotopic (exact) mass is 513 g/mol. The van der Waals surface area contributed by atoms with Crippen molar-refractivity contribution in [2.45, 2.75) is 38.1 Å². The third-order valence-electron chi connectivity index (χ3n) is 6.83. The largest absolute Gasteiger partial charge is 0.419 e. The summed E-state index contributed by atoms with van der Waals surface area (Å²) in [4.78, 5) is 21.1. The number of amides is 1. The van der Waals surface area contributed by atoms with E-state index >= 15 is 0 Å². The molecule has 0 radical (unpaired) electrons. The highest BCUT2D eigenvalue weighted by Gasteiger charge is 2.42. The van der Waals surface area contributed by atoms with Crippen molar-refractivity contribution in [3.05, 3.63) is 72.0 Å². The van der Waals surface area contributed by atoms with E-state index in [2.05, 4.69) is 4.98 Å². The Hall–Kier alpha value is -3.53. The highest BCUT2D eigenvalue weighted by atomic mass is 19.4. The normalized spacial score (nSPS) is 18.0. The maximum absolute atomic E-state index is 14.1. The molecule has 5 rings (SSSR count). The number of pyridine rings is 1. The zero-order valence-electron chi connectivity index (χ0n) is 20.5. The van der Waals surface area contributed by atoms with Crippen LogP contribution in [0.4, 0.5) is 17.6 Å². The highest BCUT2D eigenvalue weighted by Crippen LogP contribution is 2.43. The molecule has 6 nitrogen and oxygen atoms in total. The molecule has 0 unspecified atom stereocenters. The number of benzene rings is 1. The van der Waals surface area contributed by atoms with Crippen LogP contribution in [0.2, 0.25) is 0 Å². The van der Waals surface area contributed by atoms with Crippen LogP contribution in [0, 0.1) is 11.7 Å². The Kier molecular flexibility index (Phi) is 6.61. The van der Waals surface area contributed by atoms with Gasteiger partial charge < -0.3 is 9.80 Å². The molecule has 3 heterocycles. The molecule has 2 aliphatic rings. The minimum Gasteiger partial charge on any atom is -0.328 e. The lowest BCUT2D eigenvalue weighted by molar-refractivity contribution is -0.140. The van der Waals surface area contributed by atoms with Crippen molar-refractivity contribution in [2.24, 2.45) is 5.92 Å². The second-order valence-corrected chi connectivity index (χ2v) is 9.82. The standard InChI is InChI=1S/C27H27F4N5O/c1-34(2)13-3-4-24(37)35-15-23-25(18-9-11-32-12-10-18)26(33-36(23)16-22(35)17-5-6-17)19-7-8-21(28)20(14-19)27(29,30)31/h3-4,7-12,14,17,22H,5-6,13,15-16H2,1-2H3/b4-3+/t22-/m1/s1. The number of carbonyl (C=O) groups is 1. The number of aromatic nitrogens is 3. The molecule has 2 aromatic heterocycles. The van der Waals surface area contributed by atoms with E-state index in [1.807, 2.05) is 30.0 Å². The summed E-state index contributed by atoms with van der Waals surface area (Å²) >= 11 is 0. The van der Waals surface area contributed by atoms with Gasteiger partial charge in [-0.05, 0) is 68.8 Å². The summed E-state index contributed by atoms with van der Waals surface area (Å²) in [7, 11) is 3.84. The zero-order valence-corrected chi connectivity index (χ0v) is 20.5. The van der Waals surface area contributed by atoms with Gasteiger partial charge in [-0.25, -0.2) is 4.39 Å². The molecule has 1 aliphatic heterocycles. The molecule has 0 N–H and O–H groups in total. The molecule has 1 aliphatic carbocycles. The number of likely N-dealkylation sites (N-methyl/N-ethyl adjacent to an activating group) is 1. The summed E-state index contributed by atoms with van der Waals surface area (Å²) in [6.45, 7) is 1.34. The van der Waals surface area contributed by atoms with E-state index in [-0.39, 0.29) is 24.1 Å². The van der Waals surface area contributed by atoms with Gasteiger partial charge in [-0.1, -0.05) is 6.08 Å². The Morgan fingerprint density at radius 1 is 1.14 bits per heavy atom. The molecular formula is C27H27F4N5O. The number of alkyl halides is 3. The molecule has 10 heteroatoms. The maximum atomic E-state index is 14.1. The van der Waals surface area contributed by atoms with Crippen molar-refractivity contribution in [2.75, 3.05) is 20.6 Å². The van der Waals surface area contributed by atoms with E-state index in [0.29, 0.717) is 35.8 Å². The molecule has 1 amide bonds. The van der Waals surface area contributed by atoms with Gasteiger partial charge in [0.1, 0.15) is 11.5 Å². The summed E-state index contributed by atoms with van der Waals surface area (Å²) in [5.41, 5.74) is 1.20. The predicted molar refractivity (Wildman–Crippen MR) is 131 cm³/mol. The van der Waals surface area contributed by atoms with Gasteiger partial charge in [-0.2, -0.15) is 18.3 Å². The van der Waals surface area contributed by atoms with Gasteiger partial charge in [-0.15, -0.1) is 0 Å². The minimum absolute atomic E-state index is 0.0546. The van der Waals surface area contributed by atoms with Crippen LogP contribution in [0.5, 0.6) is 0 Å². The van der Waals surface area contributed by atoms with E-state index in [9.17, 15) is 22.4 Å². The van der Waals surface area contributed by atoms with Gasteiger partial charge in [-0.3, -0.25) is 14.5 Å². The molecule has 0 saturated heterocycles. The fraction of sp³-hybridized carbons (Fsp3) is 0.370. The van der Waals surface area contributed by atoms with Gasteiger partial charge in [0.05, 0.1) is 30.4 Å². The molecular weight excluding hydrogens is 486 g/mol. The maximum Gasteiger partial charge on any atom is 0.419 e. The topological polar surface area (TPSA) is 54.3 Å². The number of carbonyl (C=O) groups excluding carboxylic acids is 1. The van der Waals surface area contributed by atoms with Crippen molar-refractivity contribution in [1.29, 1.82) is 0 Å².